The maximum atomic E-state index is 5.30. The van der Waals surface area contributed by atoms with Gasteiger partial charge < -0.3 is 0 Å². The van der Waals surface area contributed by atoms with Crippen molar-refractivity contribution >= 4 is 0 Å². The van der Waals surface area contributed by atoms with Gasteiger partial charge in [-0.25, -0.2) is 0 Å². The fourth-order valence-electron chi connectivity index (χ4n) is 1.37. The first-order chi connectivity index (χ1) is 7.41. The minimum absolute atomic E-state index is 1.06. The summed E-state index contributed by atoms with van der Waals surface area (Å²) in [5.74, 6) is 0. The Morgan fingerprint density at radius 1 is 0.800 bits per heavy atom. The molecule has 0 N–H and O–H groups in total. The summed E-state index contributed by atoms with van der Waals surface area (Å²) in [6, 6.07) is 0. The molecule has 0 heteroatoms. The van der Waals surface area contributed by atoms with Crippen molar-refractivity contribution in [3.8, 4) is 0 Å². The molecule has 0 aromatic carbocycles. The van der Waals surface area contributed by atoms with Gasteiger partial charge in [0.15, 0.2) is 0 Å². The molecule has 85 valence electrons. The summed E-state index contributed by atoms with van der Waals surface area (Å²) in [6.45, 7) is 7.53. The highest BCUT2D eigenvalue weighted by atomic mass is 13.9. The van der Waals surface area contributed by atoms with Crippen LogP contribution in [0.15, 0.2) is 30.4 Å². The van der Waals surface area contributed by atoms with E-state index in [-0.39, 0.29) is 0 Å². The van der Waals surface area contributed by atoms with E-state index in [1.165, 1.54) is 44.9 Å². The van der Waals surface area contributed by atoms with Crippen molar-refractivity contribution in [1.82, 2.24) is 0 Å². The van der Waals surface area contributed by atoms with E-state index in [1.54, 1.807) is 6.08 Å². The maximum absolute atomic E-state index is 5.30. The van der Waals surface area contributed by atoms with E-state index in [2.05, 4.69) is 31.2 Å². The first-order valence-electron chi connectivity index (χ1n) is 6.27. The molecule has 0 aliphatic carbocycles. The third-order valence-corrected chi connectivity index (χ3v) is 2.35. The van der Waals surface area contributed by atoms with Gasteiger partial charge in [-0.05, 0) is 32.1 Å². The average Bonchev–Trinajstić information content (AvgIpc) is 2.26. The van der Waals surface area contributed by atoms with Gasteiger partial charge >= 0.3 is 0 Å². The molecule has 0 unspecified atom stereocenters. The zero-order valence-electron chi connectivity index (χ0n) is 10.1. The minimum atomic E-state index is 1.06. The summed E-state index contributed by atoms with van der Waals surface area (Å²) in [7, 11) is 0. The second-order valence-electron chi connectivity index (χ2n) is 3.87. The molecule has 0 fully saturated rings. The lowest BCUT2D eigenvalue weighted by atomic mass is 10.1. The predicted molar refractivity (Wildman–Crippen MR) is 69.8 cm³/mol. The van der Waals surface area contributed by atoms with E-state index < -0.39 is 0 Å². The molecule has 0 saturated carbocycles. The highest BCUT2D eigenvalue weighted by Gasteiger charge is 1.84. The molecule has 0 aliphatic rings. The van der Waals surface area contributed by atoms with Crippen LogP contribution in [-0.2, 0) is 0 Å². The first kappa shape index (κ1) is 14.2. The summed E-state index contributed by atoms with van der Waals surface area (Å²) in [4.78, 5) is 0. The summed E-state index contributed by atoms with van der Waals surface area (Å²) >= 11 is 0. The van der Waals surface area contributed by atoms with Gasteiger partial charge in [-0.15, -0.1) is 0 Å². The fourth-order valence-corrected chi connectivity index (χ4v) is 1.37. The van der Waals surface area contributed by atoms with Crippen LogP contribution in [-0.4, -0.2) is 0 Å². The average molecular weight is 205 g/mol. The number of unbranched alkanes of at least 4 members (excludes halogenated alkanes) is 6. The third kappa shape index (κ3) is 13.2. The van der Waals surface area contributed by atoms with E-state index >= 15 is 0 Å². The normalized spacial score (nSPS) is 11.5. The Hall–Kier alpha value is -0.780. The number of hydrogen-bond acceptors (Lipinski definition) is 0. The Balaban J connectivity index is 3.16. The van der Waals surface area contributed by atoms with Gasteiger partial charge in [-0.2, -0.15) is 0 Å². The van der Waals surface area contributed by atoms with E-state index in [1.807, 2.05) is 0 Å². The van der Waals surface area contributed by atoms with Gasteiger partial charge in [0.2, 0.25) is 0 Å². The summed E-state index contributed by atoms with van der Waals surface area (Å²) in [6.07, 6.45) is 20.5. The van der Waals surface area contributed by atoms with Gasteiger partial charge in [-0.1, -0.05) is 63.1 Å². The molecule has 0 saturated heterocycles. The van der Waals surface area contributed by atoms with Gasteiger partial charge in [0.25, 0.3) is 0 Å². The molecule has 0 heterocycles. The van der Waals surface area contributed by atoms with E-state index in [0.29, 0.717) is 0 Å². The van der Waals surface area contributed by atoms with Crippen LogP contribution in [0.25, 0.3) is 0 Å². The molecule has 1 radical (unpaired) electrons. The number of allylic oxidation sites excluding steroid dienone is 5. The van der Waals surface area contributed by atoms with Crippen molar-refractivity contribution in [3.63, 3.8) is 0 Å². The monoisotopic (exact) mass is 205 g/mol. The molecule has 0 amide bonds. The molecule has 0 rings (SSSR count). The van der Waals surface area contributed by atoms with Crippen LogP contribution in [0.5, 0.6) is 0 Å². The Morgan fingerprint density at radius 2 is 1.40 bits per heavy atom. The second kappa shape index (κ2) is 13.2. The van der Waals surface area contributed by atoms with E-state index in [0.717, 1.165) is 6.42 Å². The van der Waals surface area contributed by atoms with Crippen LogP contribution >= 0.6 is 0 Å². The molecule has 0 bridgehead atoms. The van der Waals surface area contributed by atoms with Crippen LogP contribution in [0.3, 0.4) is 0 Å². The molecule has 0 aliphatic heterocycles. The fraction of sp³-hybridized carbons (Fsp3) is 0.600. The van der Waals surface area contributed by atoms with Crippen molar-refractivity contribution in [2.75, 3.05) is 0 Å². The third-order valence-electron chi connectivity index (χ3n) is 2.35. The Labute approximate surface area is 95.8 Å². The zero-order valence-corrected chi connectivity index (χ0v) is 10.1. The Morgan fingerprint density at radius 3 is 2.00 bits per heavy atom. The zero-order chi connectivity index (χ0) is 11.2. The molecule has 0 spiro atoms. The molecule has 0 atom stereocenters. The maximum Gasteiger partial charge on any atom is -0.0348 e. The molecular formula is C15H25. The summed E-state index contributed by atoms with van der Waals surface area (Å²) in [5, 5.41) is 0. The molecule has 0 nitrogen and oxygen atoms in total. The van der Waals surface area contributed by atoms with E-state index in [4.69, 9.17) is 6.58 Å². The van der Waals surface area contributed by atoms with Crippen molar-refractivity contribution in [2.45, 2.75) is 58.3 Å². The minimum Gasteiger partial charge on any atom is -0.0845 e. The van der Waals surface area contributed by atoms with Gasteiger partial charge in [-0.3, -0.25) is 0 Å². The van der Waals surface area contributed by atoms with Crippen molar-refractivity contribution < 1.29 is 0 Å². The van der Waals surface area contributed by atoms with Crippen molar-refractivity contribution in [1.29, 1.82) is 0 Å². The van der Waals surface area contributed by atoms with Crippen LogP contribution < -0.4 is 0 Å². The number of rotatable bonds is 10. The van der Waals surface area contributed by atoms with Crippen LogP contribution in [0.4, 0.5) is 0 Å². The lowest BCUT2D eigenvalue weighted by Gasteiger charge is -1.93. The molecule has 0 aromatic rings. The second-order valence-corrected chi connectivity index (χ2v) is 3.87. The van der Waals surface area contributed by atoms with Gasteiger partial charge in [0.05, 0.1) is 0 Å². The largest absolute Gasteiger partial charge is 0.0845 e. The van der Waals surface area contributed by atoms with Crippen molar-refractivity contribution in [3.05, 3.63) is 37.0 Å². The molecule has 15 heavy (non-hydrogen) atoms. The SMILES string of the molecule is [CH]=CCCCCCC=CC=CCCCC. The summed E-state index contributed by atoms with van der Waals surface area (Å²) in [5.41, 5.74) is 0. The Kier molecular flexibility index (Phi) is 12.5. The van der Waals surface area contributed by atoms with E-state index in [9.17, 15) is 0 Å². The van der Waals surface area contributed by atoms with Crippen molar-refractivity contribution in [2.24, 2.45) is 0 Å². The lowest BCUT2D eigenvalue weighted by Crippen LogP contribution is -1.74. The van der Waals surface area contributed by atoms with Crippen LogP contribution in [0.1, 0.15) is 58.3 Å². The smallest absolute Gasteiger partial charge is 0.0348 e. The first-order valence-corrected chi connectivity index (χ1v) is 6.27. The van der Waals surface area contributed by atoms with Gasteiger partial charge in [0.1, 0.15) is 0 Å². The Bertz CT molecular complexity index is 174. The van der Waals surface area contributed by atoms with Gasteiger partial charge in [0, 0.05) is 0 Å². The summed E-state index contributed by atoms with van der Waals surface area (Å²) < 4.78 is 0. The lowest BCUT2D eigenvalue weighted by molar-refractivity contribution is 0.696. The molecule has 0 aromatic heterocycles. The predicted octanol–water partition coefficient (Wildman–Crippen LogP) is 5.23. The topological polar surface area (TPSA) is 0 Å². The quantitative estimate of drug-likeness (QED) is 0.338. The van der Waals surface area contributed by atoms with Crippen LogP contribution in [0.2, 0.25) is 0 Å². The molecular weight excluding hydrogens is 180 g/mol. The van der Waals surface area contributed by atoms with Crippen LogP contribution in [0, 0.1) is 6.58 Å². The standard InChI is InChI=1S/C15H25/c1-3-5-7-9-11-13-15-14-12-10-8-6-4-2/h1,3,10,12,14-15H,4-9,11,13H2,2H3. The highest BCUT2D eigenvalue weighted by molar-refractivity contribution is 5.02. The highest BCUT2D eigenvalue weighted by Crippen LogP contribution is 2.03. The number of hydrogen-bond donors (Lipinski definition) is 0.